The lowest BCUT2D eigenvalue weighted by Gasteiger charge is -2.08. The molecule has 2 aromatic carbocycles. The lowest BCUT2D eigenvalue weighted by atomic mass is 10.1. The Bertz CT molecular complexity index is 626. The van der Waals surface area contributed by atoms with E-state index in [1.165, 1.54) is 13.2 Å². The fourth-order valence-corrected chi connectivity index (χ4v) is 1.66. The van der Waals surface area contributed by atoms with Crippen LogP contribution in [0.3, 0.4) is 0 Å². The van der Waals surface area contributed by atoms with Crippen molar-refractivity contribution in [2.75, 3.05) is 7.11 Å². The molecule has 0 unspecified atom stereocenters. The minimum absolute atomic E-state index is 0.0464. The zero-order chi connectivity index (χ0) is 14.5. The van der Waals surface area contributed by atoms with Gasteiger partial charge < -0.3 is 9.47 Å². The molecule has 0 radical (unpaired) electrons. The summed E-state index contributed by atoms with van der Waals surface area (Å²) in [6.07, 6.45) is 0. The molecule has 0 amide bonds. The maximum atomic E-state index is 13.4. The minimum atomic E-state index is -0.769. The molecule has 0 fully saturated rings. The van der Waals surface area contributed by atoms with Gasteiger partial charge in [0, 0.05) is 6.07 Å². The second kappa shape index (κ2) is 6.14. The molecule has 0 aliphatic rings. The van der Waals surface area contributed by atoms with Gasteiger partial charge in [0.2, 0.25) is 0 Å². The van der Waals surface area contributed by atoms with Crippen LogP contribution < -0.4 is 4.74 Å². The van der Waals surface area contributed by atoms with Gasteiger partial charge >= 0.3 is 5.97 Å². The van der Waals surface area contributed by atoms with Crippen LogP contribution in [0, 0.1) is 11.6 Å². The topological polar surface area (TPSA) is 35.5 Å². The SMILES string of the molecule is COC(=O)c1cccc(COc2ccc(F)cc2F)c1. The van der Waals surface area contributed by atoms with Gasteiger partial charge in [0.25, 0.3) is 0 Å². The third kappa shape index (κ3) is 3.32. The Morgan fingerprint density at radius 1 is 1.15 bits per heavy atom. The van der Waals surface area contributed by atoms with Crippen molar-refractivity contribution in [1.82, 2.24) is 0 Å². The first-order valence-corrected chi connectivity index (χ1v) is 5.85. The molecule has 0 atom stereocenters. The standard InChI is InChI=1S/C15H12F2O3/c1-19-15(18)11-4-2-3-10(7-11)9-20-14-6-5-12(16)8-13(14)17/h2-8H,9H2,1H3. The van der Waals surface area contributed by atoms with Crippen LogP contribution in [0.1, 0.15) is 15.9 Å². The van der Waals surface area contributed by atoms with E-state index in [9.17, 15) is 13.6 Å². The first kappa shape index (κ1) is 14.0. The Kier molecular flexibility index (Phi) is 4.30. The van der Waals surface area contributed by atoms with Crippen LogP contribution in [0.2, 0.25) is 0 Å². The molecule has 0 aliphatic heterocycles. The zero-order valence-corrected chi connectivity index (χ0v) is 10.7. The van der Waals surface area contributed by atoms with E-state index in [2.05, 4.69) is 4.74 Å². The normalized spacial score (nSPS) is 10.2. The highest BCUT2D eigenvalue weighted by Crippen LogP contribution is 2.19. The summed E-state index contributed by atoms with van der Waals surface area (Å²) in [6, 6.07) is 9.68. The molecule has 2 rings (SSSR count). The van der Waals surface area contributed by atoms with E-state index >= 15 is 0 Å². The van der Waals surface area contributed by atoms with E-state index in [4.69, 9.17) is 4.74 Å². The van der Waals surface area contributed by atoms with Crippen molar-refractivity contribution in [1.29, 1.82) is 0 Å². The van der Waals surface area contributed by atoms with Crippen molar-refractivity contribution in [2.45, 2.75) is 6.61 Å². The fraction of sp³-hybridized carbons (Fsp3) is 0.133. The van der Waals surface area contributed by atoms with Gasteiger partial charge in [0.05, 0.1) is 12.7 Å². The molecule has 2 aromatic rings. The second-order valence-corrected chi connectivity index (χ2v) is 4.06. The summed E-state index contributed by atoms with van der Waals surface area (Å²) >= 11 is 0. The molecule has 3 nitrogen and oxygen atoms in total. The Morgan fingerprint density at radius 2 is 1.95 bits per heavy atom. The van der Waals surface area contributed by atoms with E-state index < -0.39 is 17.6 Å². The molecule has 20 heavy (non-hydrogen) atoms. The molecule has 0 N–H and O–H groups in total. The Hall–Kier alpha value is -2.43. The highest BCUT2D eigenvalue weighted by atomic mass is 19.1. The molecule has 5 heteroatoms. The average Bonchev–Trinajstić information content (AvgIpc) is 2.46. The monoisotopic (exact) mass is 278 g/mol. The molecule has 0 aliphatic carbocycles. The van der Waals surface area contributed by atoms with Crippen molar-refractivity contribution in [3.8, 4) is 5.75 Å². The van der Waals surface area contributed by atoms with Gasteiger partial charge in [-0.1, -0.05) is 12.1 Å². The van der Waals surface area contributed by atoms with Gasteiger partial charge in [-0.25, -0.2) is 13.6 Å². The van der Waals surface area contributed by atoms with Gasteiger partial charge in [0.15, 0.2) is 11.6 Å². The number of carbonyl (C=O) groups is 1. The Morgan fingerprint density at radius 3 is 2.65 bits per heavy atom. The highest BCUT2D eigenvalue weighted by Gasteiger charge is 2.08. The second-order valence-electron chi connectivity index (χ2n) is 4.06. The summed E-state index contributed by atoms with van der Waals surface area (Å²) in [5, 5.41) is 0. The van der Waals surface area contributed by atoms with Crippen LogP contribution >= 0.6 is 0 Å². The van der Waals surface area contributed by atoms with Gasteiger partial charge in [-0.2, -0.15) is 0 Å². The van der Waals surface area contributed by atoms with Gasteiger partial charge in [0.1, 0.15) is 12.4 Å². The summed E-state index contributed by atoms with van der Waals surface area (Å²) in [5.41, 5.74) is 1.06. The molecule has 0 saturated carbocycles. The van der Waals surface area contributed by atoms with Gasteiger partial charge in [-0.05, 0) is 29.8 Å². The largest absolute Gasteiger partial charge is 0.486 e. The maximum absolute atomic E-state index is 13.4. The Balaban J connectivity index is 2.09. The fourth-order valence-electron chi connectivity index (χ4n) is 1.66. The number of carbonyl (C=O) groups excluding carboxylic acids is 1. The summed E-state index contributed by atoms with van der Waals surface area (Å²) in [4.78, 5) is 11.4. The first-order chi connectivity index (χ1) is 9.60. The summed E-state index contributed by atoms with van der Waals surface area (Å²) in [6.45, 7) is 0.0629. The lowest BCUT2D eigenvalue weighted by Crippen LogP contribution is -2.03. The van der Waals surface area contributed by atoms with Crippen molar-refractivity contribution in [2.24, 2.45) is 0 Å². The number of hydrogen-bond acceptors (Lipinski definition) is 3. The van der Waals surface area contributed by atoms with E-state index in [-0.39, 0.29) is 12.4 Å². The molecular formula is C15H12F2O3. The van der Waals surface area contributed by atoms with Crippen LogP contribution in [0.15, 0.2) is 42.5 Å². The molecular weight excluding hydrogens is 266 g/mol. The first-order valence-electron chi connectivity index (χ1n) is 5.85. The van der Waals surface area contributed by atoms with Crippen molar-refractivity contribution in [3.63, 3.8) is 0 Å². The third-order valence-electron chi connectivity index (χ3n) is 2.64. The van der Waals surface area contributed by atoms with Gasteiger partial charge in [-0.15, -0.1) is 0 Å². The predicted molar refractivity (Wildman–Crippen MR) is 68.5 cm³/mol. The number of ether oxygens (including phenoxy) is 2. The van der Waals surface area contributed by atoms with Crippen molar-refractivity contribution < 1.29 is 23.0 Å². The van der Waals surface area contributed by atoms with Crippen LogP contribution in [-0.2, 0) is 11.3 Å². The highest BCUT2D eigenvalue weighted by molar-refractivity contribution is 5.89. The molecule has 104 valence electrons. The van der Waals surface area contributed by atoms with Crippen LogP contribution in [0.25, 0.3) is 0 Å². The number of halogens is 2. The number of benzene rings is 2. The summed E-state index contributed by atoms with van der Waals surface area (Å²) in [5.74, 6) is -1.94. The number of hydrogen-bond donors (Lipinski definition) is 0. The molecule has 0 saturated heterocycles. The third-order valence-corrected chi connectivity index (χ3v) is 2.64. The molecule has 0 aromatic heterocycles. The Labute approximate surface area is 114 Å². The van der Waals surface area contributed by atoms with E-state index in [0.29, 0.717) is 11.1 Å². The van der Waals surface area contributed by atoms with Crippen LogP contribution in [0.5, 0.6) is 5.75 Å². The van der Waals surface area contributed by atoms with Crippen molar-refractivity contribution in [3.05, 3.63) is 65.2 Å². The van der Waals surface area contributed by atoms with Crippen LogP contribution in [-0.4, -0.2) is 13.1 Å². The van der Waals surface area contributed by atoms with Crippen molar-refractivity contribution >= 4 is 5.97 Å². The smallest absolute Gasteiger partial charge is 0.337 e. The molecule has 0 bridgehead atoms. The van der Waals surface area contributed by atoms with E-state index in [1.54, 1.807) is 24.3 Å². The zero-order valence-electron chi connectivity index (χ0n) is 10.7. The number of rotatable bonds is 4. The predicted octanol–water partition coefficient (Wildman–Crippen LogP) is 3.33. The molecule has 0 heterocycles. The summed E-state index contributed by atoms with van der Waals surface area (Å²) in [7, 11) is 1.29. The molecule has 0 spiro atoms. The summed E-state index contributed by atoms with van der Waals surface area (Å²) < 4.78 is 36.0. The number of methoxy groups -OCH3 is 1. The minimum Gasteiger partial charge on any atom is -0.486 e. The van der Waals surface area contributed by atoms with E-state index in [0.717, 1.165) is 12.1 Å². The quantitative estimate of drug-likeness (QED) is 0.805. The average molecular weight is 278 g/mol. The number of esters is 1. The maximum Gasteiger partial charge on any atom is 0.337 e. The van der Waals surface area contributed by atoms with Gasteiger partial charge in [-0.3, -0.25) is 0 Å². The van der Waals surface area contributed by atoms with E-state index in [1.807, 2.05) is 0 Å². The lowest BCUT2D eigenvalue weighted by molar-refractivity contribution is 0.0600. The van der Waals surface area contributed by atoms with Crippen LogP contribution in [0.4, 0.5) is 8.78 Å².